The van der Waals surface area contributed by atoms with Crippen molar-refractivity contribution >= 4 is 18.3 Å². The summed E-state index contributed by atoms with van der Waals surface area (Å²) in [7, 11) is 0. The highest BCUT2D eigenvalue weighted by Crippen LogP contribution is 2.42. The summed E-state index contributed by atoms with van der Waals surface area (Å²) in [6, 6.07) is 10.4. The van der Waals surface area contributed by atoms with E-state index in [1.54, 1.807) is 0 Å². The molecule has 0 radical (unpaired) electrons. The van der Waals surface area contributed by atoms with Gasteiger partial charge in [-0.1, -0.05) is 44.2 Å². The molecule has 2 rings (SSSR count). The van der Waals surface area contributed by atoms with Crippen molar-refractivity contribution in [2.75, 3.05) is 13.1 Å². The van der Waals surface area contributed by atoms with Crippen molar-refractivity contribution < 1.29 is 4.79 Å². The predicted octanol–water partition coefficient (Wildman–Crippen LogP) is 2.80. The molecule has 1 aliphatic heterocycles. The van der Waals surface area contributed by atoms with E-state index in [2.05, 4.69) is 38.1 Å². The molecule has 0 aliphatic carbocycles. The minimum atomic E-state index is -0.0635. The molecule has 20 heavy (non-hydrogen) atoms. The maximum atomic E-state index is 12.2. The molecule has 1 fully saturated rings. The van der Waals surface area contributed by atoms with Crippen molar-refractivity contribution in [1.29, 1.82) is 0 Å². The molecular weight excluding hydrogens is 272 g/mol. The van der Waals surface area contributed by atoms with Crippen molar-refractivity contribution in [1.82, 2.24) is 4.90 Å². The monoisotopic (exact) mass is 296 g/mol. The highest BCUT2D eigenvalue weighted by atomic mass is 35.5. The van der Waals surface area contributed by atoms with Crippen molar-refractivity contribution in [2.45, 2.75) is 39.2 Å². The van der Waals surface area contributed by atoms with Crippen LogP contribution in [0.4, 0.5) is 0 Å². The lowest BCUT2D eigenvalue weighted by Crippen LogP contribution is -2.34. The first-order valence-electron chi connectivity index (χ1n) is 6.98. The van der Waals surface area contributed by atoms with E-state index in [4.69, 9.17) is 5.73 Å². The van der Waals surface area contributed by atoms with Crippen LogP contribution in [0.2, 0.25) is 0 Å². The summed E-state index contributed by atoms with van der Waals surface area (Å²) in [5.74, 6) is 0.590. The van der Waals surface area contributed by atoms with Gasteiger partial charge in [0.25, 0.3) is 0 Å². The van der Waals surface area contributed by atoms with Gasteiger partial charge in [0.1, 0.15) is 0 Å². The van der Waals surface area contributed by atoms with Crippen molar-refractivity contribution in [2.24, 2.45) is 11.1 Å². The van der Waals surface area contributed by atoms with Crippen molar-refractivity contribution in [3.05, 3.63) is 35.9 Å². The molecule has 0 aromatic heterocycles. The summed E-state index contributed by atoms with van der Waals surface area (Å²) in [4.78, 5) is 14.1. The van der Waals surface area contributed by atoms with Gasteiger partial charge in [0.2, 0.25) is 5.91 Å². The number of amides is 1. The molecule has 0 bridgehead atoms. The number of benzene rings is 1. The summed E-state index contributed by atoms with van der Waals surface area (Å²) < 4.78 is 0. The SMILES string of the molecule is CC(N)CC(=O)N1CC(c2ccccc2)C(C)(C)C1.Cl. The first-order valence-corrected chi connectivity index (χ1v) is 6.98. The number of carbonyl (C=O) groups excluding carboxylic acids is 1. The molecule has 2 unspecified atom stereocenters. The second-order valence-electron chi connectivity index (χ2n) is 6.41. The maximum Gasteiger partial charge on any atom is 0.224 e. The Hall–Kier alpha value is -1.06. The summed E-state index contributed by atoms with van der Waals surface area (Å²) >= 11 is 0. The Labute approximate surface area is 127 Å². The van der Waals surface area contributed by atoms with Gasteiger partial charge in [-0.2, -0.15) is 0 Å². The van der Waals surface area contributed by atoms with E-state index in [-0.39, 0.29) is 29.8 Å². The number of likely N-dealkylation sites (tertiary alicyclic amines) is 1. The molecule has 1 amide bonds. The van der Waals surface area contributed by atoms with Crippen LogP contribution in [0.3, 0.4) is 0 Å². The molecule has 1 aromatic rings. The van der Waals surface area contributed by atoms with E-state index in [0.29, 0.717) is 12.3 Å². The minimum absolute atomic E-state index is 0. The van der Waals surface area contributed by atoms with Crippen LogP contribution in [0.15, 0.2) is 30.3 Å². The predicted molar refractivity (Wildman–Crippen MR) is 85.1 cm³/mol. The average Bonchev–Trinajstić information content (AvgIpc) is 2.65. The number of carbonyl (C=O) groups is 1. The summed E-state index contributed by atoms with van der Waals surface area (Å²) in [6.45, 7) is 7.99. The zero-order valence-corrected chi connectivity index (χ0v) is 13.3. The van der Waals surface area contributed by atoms with Gasteiger partial charge >= 0.3 is 0 Å². The van der Waals surface area contributed by atoms with Crippen LogP contribution in [0.25, 0.3) is 0 Å². The number of rotatable bonds is 3. The summed E-state index contributed by atoms with van der Waals surface area (Å²) in [5, 5.41) is 0. The number of hydrogen-bond acceptors (Lipinski definition) is 2. The summed E-state index contributed by atoms with van der Waals surface area (Å²) in [6.07, 6.45) is 0.442. The Balaban J connectivity index is 0.00000200. The van der Waals surface area contributed by atoms with Crippen LogP contribution in [-0.4, -0.2) is 29.9 Å². The number of nitrogens with zero attached hydrogens (tertiary/aromatic N) is 1. The molecule has 0 spiro atoms. The van der Waals surface area contributed by atoms with E-state index in [0.717, 1.165) is 13.1 Å². The van der Waals surface area contributed by atoms with Gasteiger partial charge in [-0.05, 0) is 17.9 Å². The van der Waals surface area contributed by atoms with E-state index < -0.39 is 0 Å². The van der Waals surface area contributed by atoms with Gasteiger partial charge in [-0.3, -0.25) is 4.79 Å². The van der Waals surface area contributed by atoms with Gasteiger partial charge in [0.05, 0.1) is 0 Å². The zero-order valence-electron chi connectivity index (χ0n) is 12.5. The van der Waals surface area contributed by atoms with Gasteiger partial charge in [-0.15, -0.1) is 12.4 Å². The smallest absolute Gasteiger partial charge is 0.224 e. The standard InChI is InChI=1S/C16H24N2O.ClH/c1-12(17)9-15(19)18-10-14(16(2,3)11-18)13-7-5-4-6-8-13;/h4-8,12,14H,9-11,17H2,1-3H3;1H. The highest BCUT2D eigenvalue weighted by Gasteiger charge is 2.41. The third kappa shape index (κ3) is 3.74. The largest absolute Gasteiger partial charge is 0.341 e. The molecule has 2 atom stereocenters. The Morgan fingerprint density at radius 3 is 2.55 bits per heavy atom. The van der Waals surface area contributed by atoms with E-state index in [9.17, 15) is 4.79 Å². The molecule has 1 heterocycles. The van der Waals surface area contributed by atoms with Crippen molar-refractivity contribution in [3.63, 3.8) is 0 Å². The number of nitrogens with two attached hydrogens (primary N) is 1. The highest BCUT2D eigenvalue weighted by molar-refractivity contribution is 5.85. The Kier molecular flexibility index (Phi) is 5.60. The molecule has 1 saturated heterocycles. The summed E-state index contributed by atoms with van der Waals surface area (Å²) in [5.41, 5.74) is 7.17. The van der Waals surface area contributed by atoms with Crippen LogP contribution in [-0.2, 0) is 4.79 Å². The Bertz CT molecular complexity index is 445. The van der Waals surface area contributed by atoms with Gasteiger partial charge in [-0.25, -0.2) is 0 Å². The second kappa shape index (κ2) is 6.59. The molecule has 0 saturated carbocycles. The fourth-order valence-corrected chi connectivity index (χ4v) is 2.97. The second-order valence-corrected chi connectivity index (χ2v) is 6.41. The van der Waals surface area contributed by atoms with E-state index in [1.807, 2.05) is 17.9 Å². The fourth-order valence-electron chi connectivity index (χ4n) is 2.97. The lowest BCUT2D eigenvalue weighted by molar-refractivity contribution is -0.130. The maximum absolute atomic E-state index is 12.2. The van der Waals surface area contributed by atoms with Gasteiger partial charge < -0.3 is 10.6 Å². The fraction of sp³-hybridized carbons (Fsp3) is 0.562. The molecular formula is C16H25ClN2O. The Morgan fingerprint density at radius 2 is 2.00 bits per heavy atom. The average molecular weight is 297 g/mol. The first kappa shape index (κ1) is 17.0. The van der Waals surface area contributed by atoms with E-state index in [1.165, 1.54) is 5.56 Å². The lowest BCUT2D eigenvalue weighted by atomic mass is 9.78. The van der Waals surface area contributed by atoms with Gasteiger partial charge in [0, 0.05) is 31.5 Å². The number of halogens is 1. The molecule has 1 aromatic carbocycles. The minimum Gasteiger partial charge on any atom is -0.341 e. The van der Waals surface area contributed by atoms with Crippen LogP contribution in [0.1, 0.15) is 38.7 Å². The topological polar surface area (TPSA) is 46.3 Å². The molecule has 3 nitrogen and oxygen atoms in total. The Morgan fingerprint density at radius 1 is 1.40 bits per heavy atom. The zero-order chi connectivity index (χ0) is 14.0. The molecule has 2 N–H and O–H groups in total. The van der Waals surface area contributed by atoms with Crippen molar-refractivity contribution in [3.8, 4) is 0 Å². The normalized spacial score (nSPS) is 22.2. The molecule has 4 heteroatoms. The quantitative estimate of drug-likeness (QED) is 0.932. The van der Waals surface area contributed by atoms with Gasteiger partial charge in [0.15, 0.2) is 0 Å². The van der Waals surface area contributed by atoms with Crippen LogP contribution in [0, 0.1) is 5.41 Å². The van der Waals surface area contributed by atoms with Crippen LogP contribution in [0.5, 0.6) is 0 Å². The number of hydrogen-bond donors (Lipinski definition) is 1. The third-order valence-electron chi connectivity index (χ3n) is 4.00. The lowest BCUT2D eigenvalue weighted by Gasteiger charge is -2.25. The molecule has 112 valence electrons. The first-order chi connectivity index (χ1) is 8.90. The molecule has 1 aliphatic rings. The third-order valence-corrected chi connectivity index (χ3v) is 4.00. The van der Waals surface area contributed by atoms with Crippen LogP contribution < -0.4 is 5.73 Å². The van der Waals surface area contributed by atoms with Crippen LogP contribution >= 0.6 is 12.4 Å². The van der Waals surface area contributed by atoms with E-state index >= 15 is 0 Å².